The van der Waals surface area contributed by atoms with Gasteiger partial charge in [-0.25, -0.2) is 0 Å². The molecule has 7 nitrogen and oxygen atoms in total. The van der Waals surface area contributed by atoms with Gasteiger partial charge in [-0.1, -0.05) is 12.2 Å². The van der Waals surface area contributed by atoms with Gasteiger partial charge in [-0.3, -0.25) is 14.4 Å². The Labute approximate surface area is 121 Å². The molecule has 0 spiro atoms. The molecule has 3 aliphatic heterocycles. The fraction of sp³-hybridized carbons (Fsp3) is 0.643. The highest BCUT2D eigenvalue weighted by Crippen LogP contribution is 2.40. The number of rotatable bonds is 3. The minimum absolute atomic E-state index is 0.192. The number of carboxylic acids is 1. The van der Waals surface area contributed by atoms with E-state index >= 15 is 0 Å². The van der Waals surface area contributed by atoms with E-state index in [-0.39, 0.29) is 17.7 Å². The summed E-state index contributed by atoms with van der Waals surface area (Å²) < 4.78 is 5.52. The van der Waals surface area contributed by atoms with Crippen LogP contribution in [0.15, 0.2) is 12.2 Å². The maximum Gasteiger partial charge on any atom is 0.310 e. The molecule has 2 saturated heterocycles. The zero-order valence-electron chi connectivity index (χ0n) is 11.5. The van der Waals surface area contributed by atoms with E-state index in [1.807, 2.05) is 0 Å². The first-order valence-corrected chi connectivity index (χ1v) is 7.13. The predicted molar refractivity (Wildman–Crippen MR) is 70.9 cm³/mol. The maximum absolute atomic E-state index is 12.6. The van der Waals surface area contributed by atoms with Gasteiger partial charge in [0.05, 0.1) is 18.1 Å². The van der Waals surface area contributed by atoms with Crippen molar-refractivity contribution in [1.82, 2.24) is 4.90 Å². The van der Waals surface area contributed by atoms with Crippen molar-refractivity contribution in [3.05, 3.63) is 12.2 Å². The third-order valence-corrected chi connectivity index (χ3v) is 4.68. The van der Waals surface area contributed by atoms with Gasteiger partial charge in [0.15, 0.2) is 0 Å². The van der Waals surface area contributed by atoms with Gasteiger partial charge in [0.25, 0.3) is 0 Å². The highest BCUT2D eigenvalue weighted by molar-refractivity contribution is 5.87. The molecule has 7 heteroatoms. The van der Waals surface area contributed by atoms with E-state index in [0.717, 1.165) is 0 Å². The molecule has 3 heterocycles. The van der Waals surface area contributed by atoms with Crippen molar-refractivity contribution in [1.29, 1.82) is 0 Å². The molecular weight excluding hydrogens is 276 g/mol. The lowest BCUT2D eigenvalue weighted by atomic mass is 9.81. The molecule has 0 aromatic carbocycles. The number of nitrogens with zero attached hydrogens (tertiary/aromatic N) is 1. The SMILES string of the molecule is NC(=O)C1CCN(C(=O)[C@@H]2[C@@H](C(=O)O)[C@H]3C=C[C@H]2O3)CC1. The van der Waals surface area contributed by atoms with Crippen molar-refractivity contribution >= 4 is 17.8 Å². The highest BCUT2D eigenvalue weighted by Gasteiger charge is 2.54. The number of piperidine rings is 1. The predicted octanol–water partition coefficient (Wildman–Crippen LogP) is -0.635. The molecule has 2 bridgehead atoms. The van der Waals surface area contributed by atoms with E-state index in [4.69, 9.17) is 10.5 Å². The number of likely N-dealkylation sites (tertiary alicyclic amines) is 1. The lowest BCUT2D eigenvalue weighted by molar-refractivity contribution is -0.150. The smallest absolute Gasteiger partial charge is 0.310 e. The van der Waals surface area contributed by atoms with E-state index in [1.165, 1.54) is 0 Å². The third kappa shape index (κ3) is 2.31. The first kappa shape index (κ1) is 14.1. The standard InChI is InChI=1S/C14H18N2O5/c15-12(17)7-3-5-16(6-4-7)13(18)10-8-1-2-9(21-8)11(10)14(19)20/h1-2,7-11H,3-6H2,(H2,15,17)(H,19,20)/t8-,9-,10+,11+/m1/s1. The van der Waals surface area contributed by atoms with Crippen LogP contribution in [0.3, 0.4) is 0 Å². The van der Waals surface area contributed by atoms with Crippen molar-refractivity contribution < 1.29 is 24.2 Å². The highest BCUT2D eigenvalue weighted by atomic mass is 16.5. The number of hydrogen-bond donors (Lipinski definition) is 2. The first-order valence-electron chi connectivity index (χ1n) is 7.13. The largest absolute Gasteiger partial charge is 0.481 e. The van der Waals surface area contributed by atoms with Crippen LogP contribution in [0.25, 0.3) is 0 Å². The Hall–Kier alpha value is -1.89. The fourth-order valence-electron chi connectivity index (χ4n) is 3.49. The van der Waals surface area contributed by atoms with Crippen LogP contribution in [-0.4, -0.2) is 53.1 Å². The normalized spacial score (nSPS) is 35.1. The summed E-state index contributed by atoms with van der Waals surface area (Å²) in [7, 11) is 0. The molecule has 2 amide bonds. The molecule has 0 saturated carbocycles. The van der Waals surface area contributed by atoms with E-state index in [2.05, 4.69) is 0 Å². The number of carbonyl (C=O) groups is 3. The Kier molecular flexibility index (Phi) is 3.44. The summed E-state index contributed by atoms with van der Waals surface area (Å²) in [6.07, 6.45) is 3.60. The molecular formula is C14H18N2O5. The molecule has 2 fully saturated rings. The zero-order valence-corrected chi connectivity index (χ0v) is 11.5. The van der Waals surface area contributed by atoms with Gasteiger partial charge in [0, 0.05) is 19.0 Å². The zero-order chi connectivity index (χ0) is 15.1. The molecule has 0 radical (unpaired) electrons. The average molecular weight is 294 g/mol. The van der Waals surface area contributed by atoms with Gasteiger partial charge < -0.3 is 20.5 Å². The summed E-state index contributed by atoms with van der Waals surface area (Å²) >= 11 is 0. The van der Waals surface area contributed by atoms with Gasteiger partial charge in [0.1, 0.15) is 5.92 Å². The van der Waals surface area contributed by atoms with Gasteiger partial charge in [0.2, 0.25) is 11.8 Å². The Bertz CT molecular complexity index is 509. The van der Waals surface area contributed by atoms with Gasteiger partial charge in [-0.05, 0) is 12.8 Å². The Morgan fingerprint density at radius 1 is 1.10 bits per heavy atom. The van der Waals surface area contributed by atoms with Crippen LogP contribution in [0.5, 0.6) is 0 Å². The molecule has 3 N–H and O–H groups in total. The second kappa shape index (κ2) is 5.14. The lowest BCUT2D eigenvalue weighted by Gasteiger charge is -2.34. The molecule has 0 unspecified atom stereocenters. The van der Waals surface area contributed by atoms with Gasteiger partial charge in [-0.2, -0.15) is 0 Å². The van der Waals surface area contributed by atoms with Crippen LogP contribution < -0.4 is 5.73 Å². The van der Waals surface area contributed by atoms with Gasteiger partial charge in [-0.15, -0.1) is 0 Å². The van der Waals surface area contributed by atoms with Crippen molar-refractivity contribution in [3.63, 3.8) is 0 Å². The average Bonchev–Trinajstić information content (AvgIpc) is 3.07. The topological polar surface area (TPSA) is 110 Å². The monoisotopic (exact) mass is 294 g/mol. The molecule has 0 aromatic rings. The number of aliphatic carboxylic acids is 1. The lowest BCUT2D eigenvalue weighted by Crippen LogP contribution is -2.48. The molecule has 3 rings (SSSR count). The van der Waals surface area contributed by atoms with Crippen LogP contribution >= 0.6 is 0 Å². The summed E-state index contributed by atoms with van der Waals surface area (Å²) in [6, 6.07) is 0. The number of primary amides is 1. The molecule has 0 aromatic heterocycles. The minimum atomic E-state index is -1.00. The van der Waals surface area contributed by atoms with Crippen molar-refractivity contribution in [2.75, 3.05) is 13.1 Å². The van der Waals surface area contributed by atoms with Crippen molar-refractivity contribution in [2.24, 2.45) is 23.5 Å². The quantitative estimate of drug-likeness (QED) is 0.673. The number of amides is 2. The third-order valence-electron chi connectivity index (χ3n) is 4.68. The fourth-order valence-corrected chi connectivity index (χ4v) is 3.49. The summed E-state index contributed by atoms with van der Waals surface area (Å²) in [5, 5.41) is 9.32. The number of fused-ring (bicyclic) bond motifs is 2. The van der Waals surface area contributed by atoms with Crippen molar-refractivity contribution in [2.45, 2.75) is 25.0 Å². The second-order valence-corrected chi connectivity index (χ2v) is 5.84. The van der Waals surface area contributed by atoms with Crippen LogP contribution in [-0.2, 0) is 19.1 Å². The number of ether oxygens (including phenoxy) is 1. The van der Waals surface area contributed by atoms with E-state index in [9.17, 15) is 19.5 Å². The van der Waals surface area contributed by atoms with Crippen LogP contribution in [0, 0.1) is 17.8 Å². The summed E-state index contributed by atoms with van der Waals surface area (Å²) in [5.74, 6) is -3.21. The first-order chi connectivity index (χ1) is 9.99. The Morgan fingerprint density at radius 2 is 1.67 bits per heavy atom. The maximum atomic E-state index is 12.6. The van der Waals surface area contributed by atoms with Crippen LogP contribution in [0.4, 0.5) is 0 Å². The Balaban J connectivity index is 1.70. The van der Waals surface area contributed by atoms with E-state index < -0.39 is 30.0 Å². The van der Waals surface area contributed by atoms with E-state index in [0.29, 0.717) is 25.9 Å². The van der Waals surface area contributed by atoms with Crippen LogP contribution in [0.2, 0.25) is 0 Å². The summed E-state index contributed by atoms with van der Waals surface area (Å²) in [5.41, 5.74) is 5.27. The number of carboxylic acid groups (broad SMARTS) is 1. The summed E-state index contributed by atoms with van der Waals surface area (Å²) in [6.45, 7) is 0.882. The molecule has 0 aliphatic carbocycles. The summed E-state index contributed by atoms with van der Waals surface area (Å²) in [4.78, 5) is 36.8. The second-order valence-electron chi connectivity index (χ2n) is 5.84. The molecule has 3 aliphatic rings. The molecule has 114 valence electrons. The number of carbonyl (C=O) groups excluding carboxylic acids is 2. The van der Waals surface area contributed by atoms with Gasteiger partial charge >= 0.3 is 5.97 Å². The van der Waals surface area contributed by atoms with Crippen molar-refractivity contribution in [3.8, 4) is 0 Å². The number of hydrogen-bond acceptors (Lipinski definition) is 4. The molecule has 4 atom stereocenters. The Morgan fingerprint density at radius 3 is 2.19 bits per heavy atom. The molecule has 21 heavy (non-hydrogen) atoms. The number of nitrogens with two attached hydrogens (primary N) is 1. The van der Waals surface area contributed by atoms with E-state index in [1.54, 1.807) is 17.1 Å². The van der Waals surface area contributed by atoms with Crippen LogP contribution in [0.1, 0.15) is 12.8 Å². The minimum Gasteiger partial charge on any atom is -0.481 e.